The van der Waals surface area contributed by atoms with Crippen molar-refractivity contribution >= 4 is 45.5 Å². The maximum Gasteiger partial charge on any atom is 0.301 e. The molecule has 1 aliphatic rings. The lowest BCUT2D eigenvalue weighted by molar-refractivity contribution is -0.132. The van der Waals surface area contributed by atoms with E-state index in [4.69, 9.17) is 11.6 Å². The van der Waals surface area contributed by atoms with Crippen molar-refractivity contribution in [3.8, 4) is 0 Å². The first-order valence-corrected chi connectivity index (χ1v) is 9.44. The van der Waals surface area contributed by atoms with Gasteiger partial charge in [0.25, 0.3) is 5.78 Å². The number of halogens is 1. The number of aliphatic hydroxyl groups excluding tert-OH is 1. The minimum absolute atomic E-state index is 0.0219. The molecule has 140 valence electrons. The number of aromatic nitrogens is 3. The molecule has 1 unspecified atom stereocenters. The van der Waals surface area contributed by atoms with Crippen molar-refractivity contribution in [2.24, 2.45) is 0 Å². The Morgan fingerprint density at radius 1 is 1.11 bits per heavy atom. The zero-order valence-corrected chi connectivity index (χ0v) is 16.1. The molecule has 7 nitrogen and oxygen atoms in total. The molecule has 3 heterocycles. The van der Waals surface area contributed by atoms with E-state index >= 15 is 0 Å². The van der Waals surface area contributed by atoms with Crippen LogP contribution < -0.4 is 4.90 Å². The summed E-state index contributed by atoms with van der Waals surface area (Å²) in [5, 5.41) is 20.3. The number of hydrogen-bond donors (Lipinski definition) is 1. The molecule has 9 heteroatoms. The molecule has 28 heavy (non-hydrogen) atoms. The van der Waals surface area contributed by atoms with Crippen LogP contribution in [0.15, 0.2) is 54.4 Å². The highest BCUT2D eigenvalue weighted by atomic mass is 35.5. The number of aryl methyl sites for hydroxylation is 1. The summed E-state index contributed by atoms with van der Waals surface area (Å²) in [7, 11) is 0. The first-order chi connectivity index (χ1) is 13.5. The molecule has 1 aromatic carbocycles. The van der Waals surface area contributed by atoms with Gasteiger partial charge in [0.05, 0.1) is 11.6 Å². The van der Waals surface area contributed by atoms with E-state index in [-0.39, 0.29) is 16.5 Å². The van der Waals surface area contributed by atoms with Gasteiger partial charge >= 0.3 is 5.91 Å². The normalized spacial score (nSPS) is 18.6. The van der Waals surface area contributed by atoms with Gasteiger partial charge in [-0.25, -0.2) is 0 Å². The van der Waals surface area contributed by atoms with Crippen LogP contribution in [0.3, 0.4) is 0 Å². The number of Topliss-reactive ketones (excluding diaryl/α,β-unsaturated/α-hetero) is 1. The van der Waals surface area contributed by atoms with E-state index in [9.17, 15) is 14.7 Å². The number of aliphatic hydroxyl groups is 1. The predicted octanol–water partition coefficient (Wildman–Crippen LogP) is 3.52. The average molecular weight is 413 g/mol. The number of hydrogen-bond acceptors (Lipinski definition) is 7. The molecule has 4 rings (SSSR count). The minimum atomic E-state index is -0.849. The molecule has 0 bridgehead atoms. The van der Waals surface area contributed by atoms with Crippen molar-refractivity contribution in [2.75, 3.05) is 4.90 Å². The maximum atomic E-state index is 12.9. The van der Waals surface area contributed by atoms with E-state index in [0.717, 1.165) is 0 Å². The lowest BCUT2D eigenvalue weighted by Crippen LogP contribution is -2.29. The average Bonchev–Trinajstić information content (AvgIpc) is 3.24. The fraction of sp³-hybridized carbons (Fsp3) is 0.105. The van der Waals surface area contributed by atoms with Gasteiger partial charge in [-0.15, -0.1) is 10.2 Å². The van der Waals surface area contributed by atoms with E-state index in [1.54, 1.807) is 43.3 Å². The molecule has 1 amide bonds. The molecule has 0 aliphatic carbocycles. The first kappa shape index (κ1) is 18.3. The van der Waals surface area contributed by atoms with Gasteiger partial charge in [0.1, 0.15) is 10.8 Å². The molecule has 1 N–H and O–H groups in total. The standard InChI is InChI=1S/C19H13ClN4O3S/c1-10-22-23-19(28-10)24-15(11-2-4-13(20)5-3-11)14(17(26)18(24)27)16(25)12-6-8-21-9-7-12/h2-9,15,25H,1H3. The van der Waals surface area contributed by atoms with Crippen LogP contribution >= 0.6 is 22.9 Å². The molecular weight excluding hydrogens is 400 g/mol. The van der Waals surface area contributed by atoms with Gasteiger partial charge in [-0.2, -0.15) is 0 Å². The molecule has 0 spiro atoms. The zero-order valence-electron chi connectivity index (χ0n) is 14.5. The number of anilines is 1. The Kier molecular flexibility index (Phi) is 4.66. The summed E-state index contributed by atoms with van der Waals surface area (Å²) >= 11 is 7.18. The Bertz CT molecular complexity index is 1100. The lowest BCUT2D eigenvalue weighted by atomic mass is 9.96. The second kappa shape index (κ2) is 7.14. The summed E-state index contributed by atoms with van der Waals surface area (Å²) in [6.45, 7) is 1.76. The van der Waals surface area contributed by atoms with E-state index in [1.165, 1.54) is 28.6 Å². The van der Waals surface area contributed by atoms with Crippen LogP contribution in [0.5, 0.6) is 0 Å². The first-order valence-electron chi connectivity index (χ1n) is 8.24. The molecule has 0 saturated carbocycles. The number of benzene rings is 1. The maximum absolute atomic E-state index is 12.9. The van der Waals surface area contributed by atoms with E-state index in [1.807, 2.05) is 0 Å². The number of pyridine rings is 1. The second-order valence-corrected chi connectivity index (χ2v) is 7.66. The number of nitrogens with zero attached hydrogens (tertiary/aromatic N) is 4. The monoisotopic (exact) mass is 412 g/mol. The van der Waals surface area contributed by atoms with Crippen LogP contribution in [0, 0.1) is 6.92 Å². The van der Waals surface area contributed by atoms with Crippen LogP contribution in [0.25, 0.3) is 5.76 Å². The van der Waals surface area contributed by atoms with Gasteiger partial charge in [-0.1, -0.05) is 35.1 Å². The molecule has 1 fully saturated rings. The Morgan fingerprint density at radius 3 is 2.39 bits per heavy atom. The van der Waals surface area contributed by atoms with Crippen LogP contribution in [-0.4, -0.2) is 32.0 Å². The van der Waals surface area contributed by atoms with Gasteiger partial charge in [0.2, 0.25) is 5.13 Å². The fourth-order valence-corrected chi connectivity index (χ4v) is 3.88. The number of ketones is 1. The van der Waals surface area contributed by atoms with Crippen molar-refractivity contribution in [3.05, 3.63) is 75.5 Å². The summed E-state index contributed by atoms with van der Waals surface area (Å²) in [4.78, 5) is 30.9. The third-order valence-corrected chi connectivity index (χ3v) is 5.40. The number of carbonyl (C=O) groups is 2. The molecule has 2 aromatic heterocycles. The van der Waals surface area contributed by atoms with Crippen LogP contribution in [0.1, 0.15) is 22.2 Å². The van der Waals surface area contributed by atoms with Crippen LogP contribution in [0.2, 0.25) is 5.02 Å². The van der Waals surface area contributed by atoms with Gasteiger partial charge in [0, 0.05) is 23.0 Å². The highest BCUT2D eigenvalue weighted by Gasteiger charge is 2.48. The summed E-state index contributed by atoms with van der Waals surface area (Å²) in [5.74, 6) is -1.83. The minimum Gasteiger partial charge on any atom is -0.507 e. The molecular formula is C19H13ClN4O3S. The van der Waals surface area contributed by atoms with Crippen molar-refractivity contribution < 1.29 is 14.7 Å². The van der Waals surface area contributed by atoms with Crippen LogP contribution in [-0.2, 0) is 9.59 Å². The Morgan fingerprint density at radius 2 is 1.79 bits per heavy atom. The third-order valence-electron chi connectivity index (χ3n) is 4.31. The summed E-state index contributed by atoms with van der Waals surface area (Å²) < 4.78 is 0. The fourth-order valence-electron chi connectivity index (χ4n) is 3.04. The van der Waals surface area contributed by atoms with E-state index in [2.05, 4.69) is 15.2 Å². The zero-order chi connectivity index (χ0) is 19.8. The quantitative estimate of drug-likeness (QED) is 0.401. The smallest absolute Gasteiger partial charge is 0.301 e. The summed E-state index contributed by atoms with van der Waals surface area (Å²) in [6, 6.07) is 9.02. The molecule has 1 atom stereocenters. The molecule has 1 saturated heterocycles. The number of rotatable bonds is 3. The summed E-state index contributed by atoms with van der Waals surface area (Å²) in [5.41, 5.74) is 0.985. The van der Waals surface area contributed by atoms with Crippen molar-refractivity contribution in [1.82, 2.24) is 15.2 Å². The van der Waals surface area contributed by atoms with Gasteiger partial charge in [-0.05, 0) is 36.8 Å². The van der Waals surface area contributed by atoms with E-state index < -0.39 is 17.7 Å². The number of carbonyl (C=O) groups excluding carboxylic acids is 2. The number of amides is 1. The molecule has 1 aliphatic heterocycles. The Labute approximate surface area is 168 Å². The third kappa shape index (κ3) is 3.06. The van der Waals surface area contributed by atoms with Crippen molar-refractivity contribution in [3.63, 3.8) is 0 Å². The lowest BCUT2D eigenvalue weighted by Gasteiger charge is -2.22. The molecule has 3 aromatic rings. The second-order valence-electron chi connectivity index (χ2n) is 6.06. The predicted molar refractivity (Wildman–Crippen MR) is 105 cm³/mol. The Balaban J connectivity index is 1.94. The van der Waals surface area contributed by atoms with Crippen molar-refractivity contribution in [2.45, 2.75) is 13.0 Å². The van der Waals surface area contributed by atoms with Gasteiger partial charge in [-0.3, -0.25) is 19.5 Å². The Hall–Kier alpha value is -3.10. The summed E-state index contributed by atoms with van der Waals surface area (Å²) in [6.07, 6.45) is 2.99. The highest BCUT2D eigenvalue weighted by molar-refractivity contribution is 7.15. The SMILES string of the molecule is Cc1nnc(N2C(=O)C(=O)C(=C(O)c3ccncc3)C2c2ccc(Cl)cc2)s1. The van der Waals surface area contributed by atoms with E-state index in [0.29, 0.717) is 21.2 Å². The van der Waals surface area contributed by atoms with Crippen LogP contribution in [0.4, 0.5) is 5.13 Å². The molecule has 0 radical (unpaired) electrons. The van der Waals surface area contributed by atoms with Crippen molar-refractivity contribution in [1.29, 1.82) is 0 Å². The van der Waals surface area contributed by atoms with Gasteiger partial charge in [0.15, 0.2) is 0 Å². The topological polar surface area (TPSA) is 96.3 Å². The van der Waals surface area contributed by atoms with Gasteiger partial charge < -0.3 is 5.11 Å². The highest BCUT2D eigenvalue weighted by Crippen LogP contribution is 2.42. The largest absolute Gasteiger partial charge is 0.507 e.